The van der Waals surface area contributed by atoms with Crippen LogP contribution in [-0.2, 0) is 57.3 Å². The van der Waals surface area contributed by atoms with Crippen LogP contribution in [0.1, 0.15) is 126 Å². The summed E-state index contributed by atoms with van der Waals surface area (Å²) in [7, 11) is 1.58. The van der Waals surface area contributed by atoms with Gasteiger partial charge in [-0.15, -0.1) is 0 Å². The number of rotatable bonds is 13. The van der Waals surface area contributed by atoms with E-state index in [4.69, 9.17) is 23.7 Å². The van der Waals surface area contributed by atoms with Gasteiger partial charge in [0, 0.05) is 44.7 Å². The lowest BCUT2D eigenvalue weighted by molar-refractivity contribution is -0.172. The SMILES string of the molecule is CN(C(=O)C1=C[C@H]2OC3(Cc4ccccc4C3)O[C@H]2[C@H](OC(=O)c2cccc(C=C3CCC4O[C@]4(C)CC[C@@H]4[C@@H]3CC4(C)C)c2)C1)[C@H](Cc1ccccc1)C(=O)N[C@H](CO)CCC(=O)OC(C)(C)C. The van der Waals surface area contributed by atoms with Gasteiger partial charge in [0.25, 0.3) is 0 Å². The minimum Gasteiger partial charge on any atom is -0.460 e. The summed E-state index contributed by atoms with van der Waals surface area (Å²) in [6, 6.07) is 23.4. The second-order valence-corrected chi connectivity index (χ2v) is 22.4. The number of epoxide rings is 1. The van der Waals surface area contributed by atoms with Crippen LogP contribution < -0.4 is 5.32 Å². The second kappa shape index (κ2) is 19.2. The molecule has 1 spiro atoms. The second-order valence-electron chi connectivity index (χ2n) is 22.4. The molecule has 69 heavy (non-hydrogen) atoms. The summed E-state index contributed by atoms with van der Waals surface area (Å²) in [5.41, 5.74) is 5.75. The maximum atomic E-state index is 14.9. The summed E-state index contributed by atoms with van der Waals surface area (Å²) < 4.78 is 31.7. The van der Waals surface area contributed by atoms with E-state index in [0.29, 0.717) is 41.9 Å². The third-order valence-electron chi connectivity index (χ3n) is 15.7. The van der Waals surface area contributed by atoms with Crippen LogP contribution in [0, 0.1) is 17.3 Å². The third kappa shape index (κ3) is 10.8. The molecule has 368 valence electrons. The number of allylic oxidation sites excluding steroid dienone is 1. The van der Waals surface area contributed by atoms with Gasteiger partial charge in [0.1, 0.15) is 30.0 Å². The zero-order valence-electron chi connectivity index (χ0n) is 41.3. The van der Waals surface area contributed by atoms with Crippen molar-refractivity contribution in [1.29, 1.82) is 0 Å². The van der Waals surface area contributed by atoms with Crippen molar-refractivity contribution >= 4 is 29.8 Å². The van der Waals surface area contributed by atoms with Crippen LogP contribution in [0.25, 0.3) is 6.08 Å². The first kappa shape index (κ1) is 48.9. The van der Waals surface area contributed by atoms with E-state index in [-0.39, 0.29) is 36.7 Å². The van der Waals surface area contributed by atoms with Crippen molar-refractivity contribution in [2.24, 2.45) is 17.3 Å². The number of amides is 2. The van der Waals surface area contributed by atoms with E-state index >= 15 is 0 Å². The number of carbonyl (C=O) groups excluding carboxylic acids is 4. The van der Waals surface area contributed by atoms with Crippen molar-refractivity contribution < 1.29 is 48.0 Å². The highest BCUT2D eigenvalue weighted by atomic mass is 16.8. The molecule has 0 aromatic heterocycles. The molecule has 9 atom stereocenters. The van der Waals surface area contributed by atoms with Gasteiger partial charge in [0.05, 0.1) is 29.9 Å². The summed E-state index contributed by atoms with van der Waals surface area (Å²) in [6.07, 6.45) is 8.74. The van der Waals surface area contributed by atoms with Crippen molar-refractivity contribution in [2.75, 3.05) is 13.7 Å². The fraction of sp³-hybridized carbons (Fsp3) is 0.544. The van der Waals surface area contributed by atoms with Crippen molar-refractivity contribution in [3.63, 3.8) is 0 Å². The van der Waals surface area contributed by atoms with E-state index in [0.717, 1.165) is 54.4 Å². The van der Waals surface area contributed by atoms with E-state index < -0.39 is 72.1 Å². The van der Waals surface area contributed by atoms with Crippen LogP contribution in [0.2, 0.25) is 0 Å². The Labute approximate surface area is 407 Å². The Morgan fingerprint density at radius 1 is 0.928 bits per heavy atom. The molecule has 2 saturated heterocycles. The molecule has 0 bridgehead atoms. The number of carbonyl (C=O) groups is 4. The fourth-order valence-corrected chi connectivity index (χ4v) is 11.8. The lowest BCUT2D eigenvalue weighted by Crippen LogP contribution is -2.53. The number of nitrogens with zero attached hydrogens (tertiary/aromatic N) is 1. The molecule has 12 heteroatoms. The zero-order valence-corrected chi connectivity index (χ0v) is 41.3. The molecule has 2 amide bonds. The van der Waals surface area contributed by atoms with Gasteiger partial charge in [0.2, 0.25) is 11.8 Å². The van der Waals surface area contributed by atoms with Crippen LogP contribution in [0.3, 0.4) is 0 Å². The predicted octanol–water partition coefficient (Wildman–Crippen LogP) is 8.27. The minimum atomic E-state index is -1.01. The first-order chi connectivity index (χ1) is 32.8. The normalized spacial score (nSPS) is 28.7. The molecule has 3 aromatic carbocycles. The molecule has 2 saturated carbocycles. The monoisotopic (exact) mass is 943 g/mol. The number of esters is 2. The molecule has 3 aromatic rings. The summed E-state index contributed by atoms with van der Waals surface area (Å²) in [5, 5.41) is 13.2. The topological polar surface area (TPSA) is 153 Å². The molecule has 2 aliphatic heterocycles. The number of likely N-dealkylation sites (N-methyl/N-ethyl adjacent to an activating group) is 1. The first-order valence-corrected chi connectivity index (χ1v) is 25.1. The molecule has 9 rings (SSSR count). The van der Waals surface area contributed by atoms with E-state index in [9.17, 15) is 24.3 Å². The van der Waals surface area contributed by atoms with Gasteiger partial charge in [-0.1, -0.05) is 92.2 Å². The predicted molar refractivity (Wildman–Crippen MR) is 261 cm³/mol. The van der Waals surface area contributed by atoms with Gasteiger partial charge in [-0.05, 0) is 124 Å². The Morgan fingerprint density at radius 3 is 2.35 bits per heavy atom. The molecule has 4 aliphatic carbocycles. The maximum Gasteiger partial charge on any atom is 0.338 e. The van der Waals surface area contributed by atoms with E-state index in [1.54, 1.807) is 40.0 Å². The Morgan fingerprint density at radius 2 is 1.65 bits per heavy atom. The van der Waals surface area contributed by atoms with E-state index in [2.05, 4.69) is 44.3 Å². The zero-order chi connectivity index (χ0) is 48.9. The Balaban J connectivity index is 0.956. The highest BCUT2D eigenvalue weighted by Gasteiger charge is 2.57. The molecule has 2 N–H and O–H groups in total. The number of benzene rings is 3. The van der Waals surface area contributed by atoms with Gasteiger partial charge < -0.3 is 39.0 Å². The van der Waals surface area contributed by atoms with Gasteiger partial charge >= 0.3 is 11.9 Å². The summed E-state index contributed by atoms with van der Waals surface area (Å²) in [6.45, 7) is 12.0. The molecule has 0 radical (unpaired) electrons. The van der Waals surface area contributed by atoms with Crippen LogP contribution in [0.15, 0.2) is 96.1 Å². The van der Waals surface area contributed by atoms with E-state index in [1.807, 2.05) is 60.7 Å². The summed E-state index contributed by atoms with van der Waals surface area (Å²) >= 11 is 0. The van der Waals surface area contributed by atoms with Crippen LogP contribution in [0.4, 0.5) is 0 Å². The number of hydrogen-bond donors (Lipinski definition) is 2. The van der Waals surface area contributed by atoms with Gasteiger partial charge in [-0.2, -0.15) is 0 Å². The van der Waals surface area contributed by atoms with Crippen molar-refractivity contribution in [2.45, 2.75) is 166 Å². The van der Waals surface area contributed by atoms with Crippen LogP contribution in [-0.4, -0.2) is 101 Å². The van der Waals surface area contributed by atoms with E-state index in [1.165, 1.54) is 10.5 Å². The Hall–Kier alpha value is -5.14. The Kier molecular flexibility index (Phi) is 13.6. The average Bonchev–Trinajstić information content (AvgIpc) is 3.59. The van der Waals surface area contributed by atoms with Crippen molar-refractivity contribution in [1.82, 2.24) is 10.2 Å². The maximum absolute atomic E-state index is 14.9. The third-order valence-corrected chi connectivity index (χ3v) is 15.7. The number of ether oxygens (including phenoxy) is 5. The quantitative estimate of drug-likeness (QED) is 0.127. The molecule has 6 aliphatic rings. The largest absolute Gasteiger partial charge is 0.460 e. The summed E-state index contributed by atoms with van der Waals surface area (Å²) in [5.74, 6) is -1.80. The molecule has 1 unspecified atom stereocenters. The lowest BCUT2D eigenvalue weighted by atomic mass is 9.52. The Bertz CT molecular complexity index is 2470. The van der Waals surface area contributed by atoms with Crippen molar-refractivity contribution in [3.8, 4) is 0 Å². The number of fused-ring (bicyclic) bond motifs is 4. The fourth-order valence-electron chi connectivity index (χ4n) is 11.8. The highest BCUT2D eigenvalue weighted by Crippen LogP contribution is 2.60. The number of aliphatic hydroxyl groups excluding tert-OH is 1. The van der Waals surface area contributed by atoms with Gasteiger partial charge in [-0.25, -0.2) is 4.79 Å². The molecular weight excluding hydrogens is 873 g/mol. The number of hydrogen-bond acceptors (Lipinski definition) is 10. The number of aliphatic hydroxyl groups is 1. The molecule has 4 fully saturated rings. The van der Waals surface area contributed by atoms with Gasteiger partial charge in [0.15, 0.2) is 5.79 Å². The van der Waals surface area contributed by atoms with Crippen LogP contribution in [0.5, 0.6) is 0 Å². The molecule has 2 heterocycles. The highest BCUT2D eigenvalue weighted by molar-refractivity contribution is 5.97. The lowest BCUT2D eigenvalue weighted by Gasteiger charge is -2.53. The summed E-state index contributed by atoms with van der Waals surface area (Å²) in [4.78, 5) is 57.5. The minimum absolute atomic E-state index is 0.00794. The smallest absolute Gasteiger partial charge is 0.338 e. The average molecular weight is 943 g/mol. The molecular formula is C57H70N2O10. The standard InChI is InChI=1S/C57H70N2O10/c1-54(2,3)68-49(61)23-21-42(34-60)58-51(62)45(28-35-14-9-8-10-15-35)59(7)52(63)41-29-46(50-47(30-41)66-57(69-50)31-39-17-11-12-18-40(39)32-57)65-53(64)38-19-13-16-36(27-38)26-37-20-22-48-56(6,67-48)25-24-44-43(37)33-55(44,4)5/h8-19,26-27,30,42-48,50,60H,20-25,28-29,31-34H2,1-7H3,(H,58,62)/t42-,43+,44+,45+,46+,47+,48?,50-,56+/m0/s1. The number of nitrogens with one attached hydrogen (secondary N) is 1. The van der Waals surface area contributed by atoms with Gasteiger partial charge in [-0.3, -0.25) is 14.4 Å². The van der Waals surface area contributed by atoms with Crippen molar-refractivity contribution in [3.05, 3.63) is 124 Å². The molecule has 12 nitrogen and oxygen atoms in total. The van der Waals surface area contributed by atoms with Crippen LogP contribution >= 0.6 is 0 Å². The first-order valence-electron chi connectivity index (χ1n) is 25.1.